The number of aromatic nitrogens is 3. The summed E-state index contributed by atoms with van der Waals surface area (Å²) in [6.07, 6.45) is 0. The Bertz CT molecular complexity index is 1030. The standard InChI is InChI=1S/C18H17ClN4O3S2/c1-3-26-16(25)15-10(2)20-18(28-15)23-17-21-12(8-14(24)22-17)9-27-13-6-4-11(19)5-7-13/h4-8H,3,9H2,1-2H3,(H2,20,21,22,23,24). The molecule has 0 aliphatic rings. The molecule has 0 spiro atoms. The van der Waals surface area contributed by atoms with Gasteiger partial charge in [-0.2, -0.15) is 0 Å². The highest BCUT2D eigenvalue weighted by molar-refractivity contribution is 7.98. The molecule has 28 heavy (non-hydrogen) atoms. The molecular formula is C18H17ClN4O3S2. The maximum Gasteiger partial charge on any atom is 0.350 e. The Morgan fingerprint density at radius 2 is 2.07 bits per heavy atom. The quantitative estimate of drug-likeness (QED) is 0.418. The van der Waals surface area contributed by atoms with Crippen molar-refractivity contribution in [2.45, 2.75) is 24.5 Å². The number of nitrogens with one attached hydrogen (secondary N) is 2. The fourth-order valence-electron chi connectivity index (χ4n) is 2.27. The Hall–Kier alpha value is -2.36. The Morgan fingerprint density at radius 1 is 1.32 bits per heavy atom. The van der Waals surface area contributed by atoms with Gasteiger partial charge in [-0.15, -0.1) is 11.8 Å². The van der Waals surface area contributed by atoms with Crippen LogP contribution in [0.15, 0.2) is 40.0 Å². The zero-order chi connectivity index (χ0) is 20.1. The van der Waals surface area contributed by atoms with E-state index >= 15 is 0 Å². The van der Waals surface area contributed by atoms with Crippen molar-refractivity contribution in [2.24, 2.45) is 0 Å². The van der Waals surface area contributed by atoms with Crippen LogP contribution in [0.5, 0.6) is 0 Å². The number of nitrogens with zero attached hydrogens (tertiary/aromatic N) is 2. The van der Waals surface area contributed by atoms with Crippen LogP contribution in [0.4, 0.5) is 11.1 Å². The molecule has 0 fully saturated rings. The summed E-state index contributed by atoms with van der Waals surface area (Å²) in [7, 11) is 0. The second-order valence-corrected chi connectivity index (χ2v) is 8.09. The van der Waals surface area contributed by atoms with Crippen LogP contribution in [0, 0.1) is 6.92 Å². The number of anilines is 2. The van der Waals surface area contributed by atoms with E-state index in [1.807, 2.05) is 24.3 Å². The number of aryl methyl sites for hydroxylation is 1. The Kier molecular flexibility index (Phi) is 6.71. The van der Waals surface area contributed by atoms with Crippen molar-refractivity contribution in [3.8, 4) is 0 Å². The van der Waals surface area contributed by atoms with Crippen LogP contribution in [-0.4, -0.2) is 27.5 Å². The molecule has 1 aromatic carbocycles. The zero-order valence-electron chi connectivity index (χ0n) is 15.1. The number of hydrogen-bond donors (Lipinski definition) is 2. The third-order valence-corrected chi connectivity index (χ3v) is 5.83. The van der Waals surface area contributed by atoms with Crippen LogP contribution in [0.25, 0.3) is 0 Å². The molecule has 3 rings (SSSR count). The van der Waals surface area contributed by atoms with E-state index in [1.54, 1.807) is 25.6 Å². The number of halogens is 1. The average molecular weight is 437 g/mol. The molecule has 10 heteroatoms. The first-order chi connectivity index (χ1) is 13.4. The summed E-state index contributed by atoms with van der Waals surface area (Å²) in [4.78, 5) is 36.7. The van der Waals surface area contributed by atoms with E-state index in [1.165, 1.54) is 6.07 Å². The topological polar surface area (TPSA) is 97.0 Å². The summed E-state index contributed by atoms with van der Waals surface area (Å²) in [5.74, 6) is 0.369. The second kappa shape index (κ2) is 9.22. The van der Waals surface area contributed by atoms with Crippen molar-refractivity contribution in [3.63, 3.8) is 0 Å². The molecule has 0 bridgehead atoms. The second-order valence-electron chi connectivity index (χ2n) is 5.61. The van der Waals surface area contributed by atoms with Gasteiger partial charge >= 0.3 is 5.97 Å². The number of H-pyrrole nitrogens is 1. The maximum absolute atomic E-state index is 12.0. The lowest BCUT2D eigenvalue weighted by Crippen LogP contribution is -2.11. The predicted octanol–water partition coefficient (Wildman–Crippen LogP) is 4.40. The first-order valence-electron chi connectivity index (χ1n) is 8.34. The van der Waals surface area contributed by atoms with Gasteiger partial charge in [0.05, 0.1) is 18.0 Å². The normalized spacial score (nSPS) is 10.7. The molecule has 0 atom stereocenters. The van der Waals surface area contributed by atoms with Gasteiger partial charge in [-0.3, -0.25) is 9.78 Å². The minimum Gasteiger partial charge on any atom is -0.462 e. The lowest BCUT2D eigenvalue weighted by Gasteiger charge is -2.05. The van der Waals surface area contributed by atoms with Gasteiger partial charge < -0.3 is 10.1 Å². The van der Waals surface area contributed by atoms with E-state index in [0.717, 1.165) is 16.2 Å². The van der Waals surface area contributed by atoms with Crippen LogP contribution in [-0.2, 0) is 10.5 Å². The van der Waals surface area contributed by atoms with Crippen molar-refractivity contribution in [2.75, 3.05) is 11.9 Å². The molecule has 2 heterocycles. The van der Waals surface area contributed by atoms with E-state index < -0.39 is 5.97 Å². The molecule has 2 N–H and O–H groups in total. The van der Waals surface area contributed by atoms with Crippen LogP contribution in [0.2, 0.25) is 5.02 Å². The number of hydrogen-bond acceptors (Lipinski definition) is 8. The number of esters is 1. The van der Waals surface area contributed by atoms with E-state index in [-0.39, 0.29) is 11.5 Å². The van der Waals surface area contributed by atoms with Crippen molar-refractivity contribution < 1.29 is 9.53 Å². The van der Waals surface area contributed by atoms with E-state index in [2.05, 4.69) is 20.3 Å². The van der Waals surface area contributed by atoms with Crippen molar-refractivity contribution >= 4 is 51.7 Å². The molecule has 0 aliphatic carbocycles. The van der Waals surface area contributed by atoms with Crippen LogP contribution in [0.1, 0.15) is 28.0 Å². The molecule has 0 aliphatic heterocycles. The molecule has 0 radical (unpaired) electrons. The van der Waals surface area contributed by atoms with Gasteiger partial charge in [0.15, 0.2) is 5.13 Å². The third-order valence-electron chi connectivity index (χ3n) is 3.48. The lowest BCUT2D eigenvalue weighted by atomic mass is 10.4. The van der Waals surface area contributed by atoms with E-state index in [4.69, 9.17) is 16.3 Å². The molecule has 0 unspecified atom stereocenters. The van der Waals surface area contributed by atoms with E-state index in [0.29, 0.717) is 38.8 Å². The van der Waals surface area contributed by atoms with Crippen LogP contribution >= 0.6 is 34.7 Å². The fourth-order valence-corrected chi connectivity index (χ4v) is 4.04. The smallest absolute Gasteiger partial charge is 0.350 e. The Morgan fingerprint density at radius 3 is 2.79 bits per heavy atom. The summed E-state index contributed by atoms with van der Waals surface area (Å²) < 4.78 is 5.01. The predicted molar refractivity (Wildman–Crippen MR) is 112 cm³/mol. The molecule has 0 saturated heterocycles. The van der Waals surface area contributed by atoms with Crippen LogP contribution < -0.4 is 10.9 Å². The summed E-state index contributed by atoms with van der Waals surface area (Å²) in [6, 6.07) is 8.90. The van der Waals surface area contributed by atoms with Gasteiger partial charge in [0.25, 0.3) is 5.56 Å². The number of rotatable bonds is 7. The third kappa shape index (κ3) is 5.34. The number of ether oxygens (including phenoxy) is 1. The number of carbonyl (C=O) groups is 1. The highest BCUT2D eigenvalue weighted by atomic mass is 35.5. The largest absolute Gasteiger partial charge is 0.462 e. The summed E-state index contributed by atoms with van der Waals surface area (Å²) in [5, 5.41) is 4.08. The molecular weight excluding hydrogens is 420 g/mol. The van der Waals surface area contributed by atoms with Gasteiger partial charge in [-0.1, -0.05) is 22.9 Å². The number of benzene rings is 1. The Labute approximate surface area is 174 Å². The number of thiazole rings is 1. The summed E-state index contributed by atoms with van der Waals surface area (Å²) in [5.41, 5.74) is 0.899. The highest BCUT2D eigenvalue weighted by Crippen LogP contribution is 2.26. The van der Waals surface area contributed by atoms with E-state index in [9.17, 15) is 9.59 Å². The molecule has 146 valence electrons. The zero-order valence-corrected chi connectivity index (χ0v) is 17.5. The molecule has 0 amide bonds. The lowest BCUT2D eigenvalue weighted by molar-refractivity contribution is 0.0531. The molecule has 7 nitrogen and oxygen atoms in total. The van der Waals surface area contributed by atoms with Gasteiger partial charge in [0.2, 0.25) is 5.95 Å². The fraction of sp³-hybridized carbons (Fsp3) is 0.222. The highest BCUT2D eigenvalue weighted by Gasteiger charge is 2.17. The molecule has 0 saturated carbocycles. The van der Waals surface area contributed by atoms with Crippen molar-refractivity contribution in [3.05, 3.63) is 62.0 Å². The number of thioether (sulfide) groups is 1. The van der Waals surface area contributed by atoms with Gasteiger partial charge in [-0.25, -0.2) is 14.8 Å². The van der Waals surface area contributed by atoms with Crippen molar-refractivity contribution in [1.29, 1.82) is 0 Å². The van der Waals surface area contributed by atoms with Crippen LogP contribution in [0.3, 0.4) is 0 Å². The summed E-state index contributed by atoms with van der Waals surface area (Å²) in [6.45, 7) is 3.76. The van der Waals surface area contributed by atoms with Gasteiger partial charge in [-0.05, 0) is 38.1 Å². The number of aromatic amines is 1. The SMILES string of the molecule is CCOC(=O)c1sc(Nc2nc(CSc3ccc(Cl)cc3)cc(=O)[nH]2)nc1C. The first kappa shape index (κ1) is 20.4. The minimum absolute atomic E-state index is 0.267. The monoisotopic (exact) mass is 436 g/mol. The number of carbonyl (C=O) groups excluding carboxylic acids is 1. The molecule has 3 aromatic rings. The first-order valence-corrected chi connectivity index (χ1v) is 10.5. The minimum atomic E-state index is -0.417. The van der Waals surface area contributed by atoms with Gasteiger partial charge in [0.1, 0.15) is 4.88 Å². The Balaban J connectivity index is 1.73. The average Bonchev–Trinajstić information content (AvgIpc) is 3.01. The summed E-state index contributed by atoms with van der Waals surface area (Å²) >= 11 is 8.58. The maximum atomic E-state index is 12.0. The van der Waals surface area contributed by atoms with Crippen molar-refractivity contribution in [1.82, 2.24) is 15.0 Å². The van der Waals surface area contributed by atoms with Gasteiger partial charge in [0, 0.05) is 21.7 Å². The molecule has 2 aromatic heterocycles.